The van der Waals surface area contributed by atoms with Crippen molar-refractivity contribution >= 4 is 11.7 Å². The van der Waals surface area contributed by atoms with Crippen LogP contribution < -0.4 is 16.4 Å². The van der Waals surface area contributed by atoms with Crippen molar-refractivity contribution in [3.05, 3.63) is 11.6 Å². The molecule has 0 spiro atoms. The van der Waals surface area contributed by atoms with Gasteiger partial charge >= 0.3 is 6.18 Å². The number of aliphatic hydroxyl groups excluding tert-OH is 1. The van der Waals surface area contributed by atoms with Crippen molar-refractivity contribution in [3.63, 3.8) is 0 Å². The van der Waals surface area contributed by atoms with Gasteiger partial charge in [0.15, 0.2) is 5.84 Å². The van der Waals surface area contributed by atoms with Gasteiger partial charge in [-0.1, -0.05) is 0 Å². The number of carbonyl (C=O) groups excluding carboxylic acids is 1. The van der Waals surface area contributed by atoms with Crippen molar-refractivity contribution in [2.24, 2.45) is 28.5 Å². The SMILES string of the molecule is CCN(CC1CCC(C(F)(F)F)CC1)C1=NCNC(NC[C@H]2CCN(CC(N)=O)C[C@@H]2O)=C1F. The van der Waals surface area contributed by atoms with Gasteiger partial charge in [0.1, 0.15) is 12.5 Å². The number of aliphatic hydroxyl groups is 1. The Morgan fingerprint density at radius 1 is 1.29 bits per heavy atom. The minimum atomic E-state index is -4.14. The number of carbonyl (C=O) groups is 1. The molecule has 1 aliphatic carbocycles. The minimum Gasteiger partial charge on any atom is -0.391 e. The molecule has 3 rings (SSSR count). The number of likely N-dealkylation sites (tertiary alicyclic amines) is 1. The molecule has 8 nitrogen and oxygen atoms in total. The van der Waals surface area contributed by atoms with E-state index >= 15 is 4.39 Å². The molecule has 0 aromatic carbocycles. The Bertz CT molecular complexity index is 767. The van der Waals surface area contributed by atoms with Gasteiger partial charge in [0, 0.05) is 32.1 Å². The Labute approximate surface area is 197 Å². The van der Waals surface area contributed by atoms with E-state index in [1.807, 2.05) is 6.92 Å². The Kier molecular flexibility index (Phi) is 9.02. The Hall–Kier alpha value is -2.08. The quantitative estimate of drug-likeness (QED) is 0.383. The summed E-state index contributed by atoms with van der Waals surface area (Å²) in [5.41, 5.74) is 5.21. The van der Waals surface area contributed by atoms with Crippen LogP contribution >= 0.6 is 0 Å². The van der Waals surface area contributed by atoms with Crippen LogP contribution in [0.25, 0.3) is 0 Å². The summed E-state index contributed by atoms with van der Waals surface area (Å²) < 4.78 is 54.1. The van der Waals surface area contributed by atoms with Gasteiger partial charge in [0.2, 0.25) is 11.7 Å². The van der Waals surface area contributed by atoms with Crippen LogP contribution in [0.2, 0.25) is 0 Å². The molecule has 194 valence electrons. The first kappa shape index (κ1) is 26.5. The number of alkyl halides is 3. The molecule has 12 heteroatoms. The topological polar surface area (TPSA) is 106 Å². The number of primary amides is 1. The lowest BCUT2D eigenvalue weighted by Crippen LogP contribution is -2.50. The normalized spacial score (nSPS) is 28.8. The summed E-state index contributed by atoms with van der Waals surface area (Å²) in [5, 5.41) is 16.4. The van der Waals surface area contributed by atoms with Crippen LogP contribution in [0.15, 0.2) is 16.6 Å². The van der Waals surface area contributed by atoms with Crippen LogP contribution in [0.4, 0.5) is 17.6 Å². The molecule has 1 amide bonds. The van der Waals surface area contributed by atoms with Crippen LogP contribution in [0, 0.1) is 17.8 Å². The lowest BCUT2D eigenvalue weighted by Gasteiger charge is -2.36. The smallest absolute Gasteiger partial charge is 0.391 e. The lowest BCUT2D eigenvalue weighted by molar-refractivity contribution is -0.184. The van der Waals surface area contributed by atoms with Crippen LogP contribution in [0.3, 0.4) is 0 Å². The van der Waals surface area contributed by atoms with Gasteiger partial charge in [0.25, 0.3) is 0 Å². The van der Waals surface area contributed by atoms with Crippen molar-refractivity contribution in [2.45, 2.75) is 51.3 Å². The summed E-state index contributed by atoms with van der Waals surface area (Å²) in [7, 11) is 0. The first-order valence-electron chi connectivity index (χ1n) is 12.0. The second-order valence-electron chi connectivity index (χ2n) is 9.50. The van der Waals surface area contributed by atoms with Crippen LogP contribution in [-0.2, 0) is 4.79 Å². The molecule has 0 bridgehead atoms. The predicted octanol–water partition coefficient (Wildman–Crippen LogP) is 1.53. The number of piperidine rings is 1. The highest BCUT2D eigenvalue weighted by atomic mass is 19.4. The second kappa shape index (κ2) is 11.6. The molecule has 1 saturated carbocycles. The van der Waals surface area contributed by atoms with E-state index in [4.69, 9.17) is 5.73 Å². The summed E-state index contributed by atoms with van der Waals surface area (Å²) in [6.07, 6.45) is -3.00. The number of rotatable bonds is 8. The molecule has 3 aliphatic rings. The summed E-state index contributed by atoms with van der Waals surface area (Å²) in [5.74, 6) is -1.84. The molecule has 2 fully saturated rings. The molecule has 34 heavy (non-hydrogen) atoms. The van der Waals surface area contributed by atoms with Gasteiger partial charge in [-0.05, 0) is 51.5 Å². The number of nitrogens with zero attached hydrogens (tertiary/aromatic N) is 3. The molecule has 2 atom stereocenters. The number of hydrogen-bond acceptors (Lipinski definition) is 7. The number of amidine groups is 1. The maximum Gasteiger partial charge on any atom is 0.391 e. The zero-order valence-corrected chi connectivity index (χ0v) is 19.6. The zero-order valence-electron chi connectivity index (χ0n) is 19.6. The van der Waals surface area contributed by atoms with Crippen molar-refractivity contribution in [1.29, 1.82) is 0 Å². The van der Waals surface area contributed by atoms with Gasteiger partial charge in [-0.15, -0.1) is 0 Å². The second-order valence-corrected chi connectivity index (χ2v) is 9.50. The highest BCUT2D eigenvalue weighted by Crippen LogP contribution is 2.39. The maximum absolute atomic E-state index is 15.3. The van der Waals surface area contributed by atoms with Crippen LogP contribution in [0.5, 0.6) is 0 Å². The van der Waals surface area contributed by atoms with Gasteiger partial charge < -0.3 is 26.4 Å². The number of halogens is 4. The van der Waals surface area contributed by atoms with E-state index < -0.39 is 29.9 Å². The summed E-state index contributed by atoms with van der Waals surface area (Å²) in [4.78, 5) is 19.0. The zero-order chi connectivity index (χ0) is 24.9. The molecule has 2 aliphatic heterocycles. The maximum atomic E-state index is 15.3. The first-order chi connectivity index (χ1) is 16.1. The third-order valence-corrected chi connectivity index (χ3v) is 7.10. The fourth-order valence-electron chi connectivity index (χ4n) is 5.06. The van der Waals surface area contributed by atoms with Gasteiger partial charge in [0.05, 0.1) is 18.6 Å². The Morgan fingerprint density at radius 2 is 2.00 bits per heavy atom. The van der Waals surface area contributed by atoms with E-state index in [0.29, 0.717) is 52.0 Å². The number of nitrogens with two attached hydrogens (primary N) is 1. The van der Waals surface area contributed by atoms with Gasteiger partial charge in [-0.2, -0.15) is 17.6 Å². The standard InChI is InChI=1S/C22H36F4N6O2/c1-2-32(10-14-3-5-16(6-4-14)22(24,25)26)21-19(23)20(29-13-30-21)28-9-15-7-8-31(11-17(15)33)12-18(27)34/h14-17,28-29,33H,2-13H2,1H3,(H2,27,34)/t14?,15-,16?,17+/m1/s1. The largest absolute Gasteiger partial charge is 0.391 e. The lowest BCUT2D eigenvalue weighted by atomic mass is 9.81. The van der Waals surface area contributed by atoms with E-state index in [1.54, 1.807) is 9.80 Å². The third-order valence-electron chi connectivity index (χ3n) is 7.10. The monoisotopic (exact) mass is 492 g/mol. The molecule has 0 aromatic rings. The number of aliphatic imine (C=N–C) groups is 1. The van der Waals surface area contributed by atoms with E-state index in [0.717, 1.165) is 0 Å². The van der Waals surface area contributed by atoms with E-state index in [2.05, 4.69) is 15.6 Å². The number of amides is 1. The number of β-amino-alcohol motifs (C(OH)–C–C–N with tert-alkyl or cyclic N) is 1. The van der Waals surface area contributed by atoms with Crippen LogP contribution in [-0.4, -0.2) is 84.9 Å². The number of likely N-dealkylation sites (N-methyl/N-ethyl adjacent to an activating group) is 1. The van der Waals surface area contributed by atoms with E-state index in [1.165, 1.54) is 0 Å². The Balaban J connectivity index is 1.54. The van der Waals surface area contributed by atoms with E-state index in [-0.39, 0.29) is 49.5 Å². The van der Waals surface area contributed by atoms with Crippen molar-refractivity contribution in [3.8, 4) is 0 Å². The van der Waals surface area contributed by atoms with Gasteiger partial charge in [-0.3, -0.25) is 9.69 Å². The van der Waals surface area contributed by atoms with Crippen molar-refractivity contribution in [2.75, 3.05) is 45.9 Å². The molecule has 0 aromatic heterocycles. The summed E-state index contributed by atoms with van der Waals surface area (Å²) in [6.45, 7) is 4.43. The highest BCUT2D eigenvalue weighted by molar-refractivity contribution is 5.97. The molecular weight excluding hydrogens is 456 g/mol. The molecular formula is C22H36F4N6O2. The minimum absolute atomic E-state index is 0.0704. The molecule has 2 heterocycles. The van der Waals surface area contributed by atoms with E-state index in [9.17, 15) is 23.1 Å². The fraction of sp³-hybridized carbons (Fsp3) is 0.818. The van der Waals surface area contributed by atoms with Crippen LogP contribution in [0.1, 0.15) is 39.0 Å². The number of hydrogen-bond donors (Lipinski definition) is 4. The summed E-state index contributed by atoms with van der Waals surface area (Å²) in [6, 6.07) is 0. The van der Waals surface area contributed by atoms with Crippen molar-refractivity contribution in [1.82, 2.24) is 20.4 Å². The molecule has 0 radical (unpaired) electrons. The predicted molar refractivity (Wildman–Crippen MR) is 120 cm³/mol. The van der Waals surface area contributed by atoms with Gasteiger partial charge in [-0.25, -0.2) is 4.99 Å². The molecule has 5 N–H and O–H groups in total. The average molecular weight is 493 g/mol. The molecule has 0 unspecified atom stereocenters. The fourth-order valence-corrected chi connectivity index (χ4v) is 5.06. The molecule has 1 saturated heterocycles. The third kappa shape index (κ3) is 6.97. The Morgan fingerprint density at radius 3 is 2.59 bits per heavy atom. The average Bonchev–Trinajstić information content (AvgIpc) is 2.77. The summed E-state index contributed by atoms with van der Waals surface area (Å²) >= 11 is 0. The highest BCUT2D eigenvalue weighted by Gasteiger charge is 2.41. The first-order valence-corrected chi connectivity index (χ1v) is 12.0. The number of nitrogens with one attached hydrogen (secondary N) is 2. The van der Waals surface area contributed by atoms with Crippen molar-refractivity contribution < 1.29 is 27.5 Å².